The smallest absolute Gasteiger partial charge is 0.341 e. The number of aryl methyl sites for hydroxylation is 2. The molecule has 2 rings (SSSR count). The highest BCUT2D eigenvalue weighted by molar-refractivity contribution is 7.91. The van der Waals surface area contributed by atoms with Gasteiger partial charge in [0.25, 0.3) is 10.0 Å². The van der Waals surface area contributed by atoms with Crippen LogP contribution in [0.3, 0.4) is 0 Å². The van der Waals surface area contributed by atoms with Gasteiger partial charge in [-0.2, -0.15) is 0 Å². The summed E-state index contributed by atoms with van der Waals surface area (Å²) in [4.78, 5) is 11.4. The Morgan fingerprint density at radius 2 is 1.92 bits per heavy atom. The number of carboxylic acids is 1. The standard InChI is InChI=1S/C16H19NO5S2/c1-10-8-11(2)23-16(10)24(20,21)17-12(3)13-4-6-14(7-5-13)22-9-15(18)19/h4-8,12,17H,9H2,1-3H3,(H,18,19). The van der Waals surface area contributed by atoms with E-state index >= 15 is 0 Å². The molecule has 2 N–H and O–H groups in total. The third-order valence-corrected chi connectivity index (χ3v) is 6.64. The van der Waals surface area contributed by atoms with Gasteiger partial charge in [-0.3, -0.25) is 0 Å². The lowest BCUT2D eigenvalue weighted by Gasteiger charge is -2.15. The molecule has 1 atom stereocenters. The number of carboxylic acid groups (broad SMARTS) is 1. The minimum absolute atomic E-state index is 0.327. The van der Waals surface area contributed by atoms with Crippen LogP contribution in [0.25, 0.3) is 0 Å². The first-order chi connectivity index (χ1) is 11.2. The van der Waals surface area contributed by atoms with Crippen molar-refractivity contribution in [3.05, 3.63) is 46.3 Å². The van der Waals surface area contributed by atoms with Crippen molar-refractivity contribution in [1.29, 1.82) is 0 Å². The molecular weight excluding hydrogens is 350 g/mol. The van der Waals surface area contributed by atoms with Crippen molar-refractivity contribution in [2.24, 2.45) is 0 Å². The number of carbonyl (C=O) groups is 1. The van der Waals surface area contributed by atoms with Gasteiger partial charge in [-0.25, -0.2) is 17.9 Å². The Labute approximate surface area is 145 Å². The third kappa shape index (κ3) is 4.56. The summed E-state index contributed by atoms with van der Waals surface area (Å²) in [6.07, 6.45) is 0. The van der Waals surface area contributed by atoms with E-state index < -0.39 is 28.6 Å². The number of hydrogen-bond acceptors (Lipinski definition) is 5. The van der Waals surface area contributed by atoms with E-state index in [1.165, 1.54) is 11.3 Å². The summed E-state index contributed by atoms with van der Waals surface area (Å²) in [6, 6.07) is 8.06. The summed E-state index contributed by atoms with van der Waals surface area (Å²) in [7, 11) is -3.59. The molecule has 6 nitrogen and oxygen atoms in total. The molecule has 24 heavy (non-hydrogen) atoms. The van der Waals surface area contributed by atoms with Crippen LogP contribution in [0.2, 0.25) is 0 Å². The van der Waals surface area contributed by atoms with Gasteiger partial charge in [0, 0.05) is 10.9 Å². The molecule has 0 aliphatic carbocycles. The molecule has 0 aliphatic rings. The Bertz CT molecular complexity index is 825. The second kappa shape index (κ2) is 7.33. The molecule has 0 bridgehead atoms. The van der Waals surface area contributed by atoms with Crippen LogP contribution in [-0.4, -0.2) is 26.1 Å². The topological polar surface area (TPSA) is 92.7 Å². The third-order valence-electron chi connectivity index (χ3n) is 3.31. The normalized spacial score (nSPS) is 12.8. The Hall–Kier alpha value is -1.90. The predicted octanol–water partition coefficient (Wildman–Crippen LogP) is 2.87. The van der Waals surface area contributed by atoms with E-state index in [2.05, 4.69) is 4.72 Å². The van der Waals surface area contributed by atoms with Crippen LogP contribution in [0.1, 0.15) is 29.0 Å². The van der Waals surface area contributed by atoms with Gasteiger partial charge >= 0.3 is 5.97 Å². The maximum Gasteiger partial charge on any atom is 0.341 e. The Kier molecular flexibility index (Phi) is 5.63. The highest BCUT2D eigenvalue weighted by Crippen LogP contribution is 2.27. The number of benzene rings is 1. The van der Waals surface area contributed by atoms with E-state index in [0.29, 0.717) is 9.96 Å². The van der Waals surface area contributed by atoms with Crippen molar-refractivity contribution in [3.63, 3.8) is 0 Å². The molecule has 0 spiro atoms. The molecule has 8 heteroatoms. The first-order valence-electron chi connectivity index (χ1n) is 7.23. The molecule has 2 aromatic rings. The number of sulfonamides is 1. The van der Waals surface area contributed by atoms with E-state index in [4.69, 9.17) is 9.84 Å². The van der Waals surface area contributed by atoms with Crippen LogP contribution in [0.5, 0.6) is 5.75 Å². The maximum absolute atomic E-state index is 12.5. The van der Waals surface area contributed by atoms with Gasteiger partial charge in [0.2, 0.25) is 0 Å². The molecule has 1 heterocycles. The number of ether oxygens (including phenoxy) is 1. The van der Waals surface area contributed by atoms with E-state index in [0.717, 1.165) is 16.0 Å². The maximum atomic E-state index is 12.5. The van der Waals surface area contributed by atoms with E-state index in [1.807, 2.05) is 13.0 Å². The molecule has 0 fully saturated rings. The molecular formula is C16H19NO5S2. The Balaban J connectivity index is 2.10. The van der Waals surface area contributed by atoms with Crippen LogP contribution < -0.4 is 9.46 Å². The SMILES string of the molecule is Cc1cc(C)c(S(=O)(=O)NC(C)c2ccc(OCC(=O)O)cc2)s1. The quantitative estimate of drug-likeness (QED) is 0.783. The summed E-state index contributed by atoms with van der Waals surface area (Å²) in [6.45, 7) is 4.98. The van der Waals surface area contributed by atoms with Crippen LogP contribution in [-0.2, 0) is 14.8 Å². The van der Waals surface area contributed by atoms with Crippen LogP contribution in [0, 0.1) is 13.8 Å². The largest absolute Gasteiger partial charge is 0.482 e. The number of hydrogen-bond donors (Lipinski definition) is 2. The van der Waals surface area contributed by atoms with Gasteiger partial charge in [-0.15, -0.1) is 11.3 Å². The lowest BCUT2D eigenvalue weighted by molar-refractivity contribution is -0.139. The van der Waals surface area contributed by atoms with Gasteiger partial charge in [-0.05, 0) is 50.1 Å². The Morgan fingerprint density at radius 3 is 2.42 bits per heavy atom. The predicted molar refractivity (Wildman–Crippen MR) is 92.1 cm³/mol. The molecule has 1 aromatic carbocycles. The zero-order valence-electron chi connectivity index (χ0n) is 13.6. The fraction of sp³-hybridized carbons (Fsp3) is 0.312. The van der Waals surface area contributed by atoms with Crippen LogP contribution >= 0.6 is 11.3 Å². The van der Waals surface area contributed by atoms with Gasteiger partial charge in [0.1, 0.15) is 9.96 Å². The number of rotatable bonds is 7. The summed E-state index contributed by atoms with van der Waals surface area (Å²) < 4.78 is 33.0. The summed E-state index contributed by atoms with van der Waals surface area (Å²) >= 11 is 1.24. The molecule has 0 aliphatic heterocycles. The minimum atomic E-state index is -3.59. The number of nitrogens with one attached hydrogen (secondary N) is 1. The molecule has 0 saturated carbocycles. The first-order valence-corrected chi connectivity index (χ1v) is 9.53. The van der Waals surface area contributed by atoms with Crippen LogP contribution in [0.15, 0.2) is 34.5 Å². The number of aliphatic carboxylic acids is 1. The zero-order valence-corrected chi connectivity index (χ0v) is 15.2. The van der Waals surface area contributed by atoms with E-state index in [9.17, 15) is 13.2 Å². The highest BCUT2D eigenvalue weighted by atomic mass is 32.2. The van der Waals surface area contributed by atoms with Gasteiger partial charge in [0.15, 0.2) is 6.61 Å². The fourth-order valence-corrected chi connectivity index (χ4v) is 5.16. The van der Waals surface area contributed by atoms with Gasteiger partial charge in [0.05, 0.1) is 0 Å². The van der Waals surface area contributed by atoms with Crippen molar-refractivity contribution >= 4 is 27.3 Å². The average molecular weight is 369 g/mol. The zero-order chi connectivity index (χ0) is 17.9. The fourth-order valence-electron chi connectivity index (χ4n) is 2.24. The van der Waals surface area contributed by atoms with E-state index in [-0.39, 0.29) is 0 Å². The molecule has 130 valence electrons. The van der Waals surface area contributed by atoms with E-state index in [1.54, 1.807) is 38.1 Å². The molecule has 1 unspecified atom stereocenters. The highest BCUT2D eigenvalue weighted by Gasteiger charge is 2.22. The summed E-state index contributed by atoms with van der Waals surface area (Å²) in [5.41, 5.74) is 1.49. The Morgan fingerprint density at radius 1 is 1.29 bits per heavy atom. The molecule has 0 saturated heterocycles. The monoisotopic (exact) mass is 369 g/mol. The second-order valence-electron chi connectivity index (χ2n) is 5.42. The second-order valence-corrected chi connectivity index (χ2v) is 8.59. The van der Waals surface area contributed by atoms with Crippen molar-refractivity contribution in [2.75, 3.05) is 6.61 Å². The first kappa shape index (κ1) is 18.4. The average Bonchev–Trinajstić information content (AvgIpc) is 2.85. The minimum Gasteiger partial charge on any atom is -0.482 e. The van der Waals surface area contributed by atoms with Crippen molar-refractivity contribution in [3.8, 4) is 5.75 Å². The molecule has 0 amide bonds. The van der Waals surface area contributed by atoms with Crippen molar-refractivity contribution in [1.82, 2.24) is 4.72 Å². The lowest BCUT2D eigenvalue weighted by Crippen LogP contribution is -2.26. The summed E-state index contributed by atoms with van der Waals surface area (Å²) in [5.74, 6) is -0.636. The summed E-state index contributed by atoms with van der Waals surface area (Å²) in [5, 5.41) is 8.58. The lowest BCUT2D eigenvalue weighted by atomic mass is 10.1. The molecule has 0 radical (unpaired) electrons. The van der Waals surface area contributed by atoms with Crippen molar-refractivity contribution < 1.29 is 23.1 Å². The van der Waals surface area contributed by atoms with Crippen molar-refractivity contribution in [2.45, 2.75) is 31.0 Å². The van der Waals surface area contributed by atoms with Gasteiger partial charge < -0.3 is 9.84 Å². The molecule has 1 aromatic heterocycles. The number of thiophene rings is 1. The van der Waals surface area contributed by atoms with Gasteiger partial charge in [-0.1, -0.05) is 12.1 Å². The van der Waals surface area contributed by atoms with Crippen LogP contribution in [0.4, 0.5) is 0 Å².